The van der Waals surface area contributed by atoms with Gasteiger partial charge in [0.15, 0.2) is 0 Å². The molecule has 2 atom stereocenters. The first-order valence-corrected chi connectivity index (χ1v) is 9.64. The maximum Gasteiger partial charge on any atom is 0.237 e. The molecule has 0 radical (unpaired) electrons. The zero-order valence-corrected chi connectivity index (χ0v) is 17.0. The molecule has 1 aromatic heterocycles. The molecule has 0 spiro atoms. The minimum Gasteiger partial charge on any atom is -0.381 e. The van der Waals surface area contributed by atoms with E-state index in [1.807, 2.05) is 13.8 Å². The number of rotatable bonds is 5. The predicted molar refractivity (Wildman–Crippen MR) is 108 cm³/mol. The van der Waals surface area contributed by atoms with Crippen LogP contribution in [-0.2, 0) is 9.53 Å². The standard InChI is InChI=1S/C19H24FN3O2S.ClH/c1-11(22-18(24)16(21)13-7-9-25-10-8-13)17-12(2)23-19(26-17)14-3-5-15(20)6-4-14;/h3-6,11,13,16H,7-10,21H2,1-2H3,(H,22,24);1H. The number of ether oxygens (including phenoxy) is 1. The van der Waals surface area contributed by atoms with Crippen molar-refractivity contribution < 1.29 is 13.9 Å². The summed E-state index contributed by atoms with van der Waals surface area (Å²) in [6, 6.07) is 5.56. The van der Waals surface area contributed by atoms with E-state index < -0.39 is 6.04 Å². The van der Waals surface area contributed by atoms with Gasteiger partial charge in [-0.15, -0.1) is 23.7 Å². The van der Waals surface area contributed by atoms with Crippen molar-refractivity contribution in [2.24, 2.45) is 11.7 Å². The Bertz CT molecular complexity index is 763. The third-order valence-electron chi connectivity index (χ3n) is 4.75. The van der Waals surface area contributed by atoms with Gasteiger partial charge < -0.3 is 15.8 Å². The monoisotopic (exact) mass is 413 g/mol. The number of nitrogens with two attached hydrogens (primary N) is 1. The Balaban J connectivity index is 0.00000261. The Morgan fingerprint density at radius 3 is 2.59 bits per heavy atom. The number of thiazole rings is 1. The number of nitrogens with one attached hydrogen (secondary N) is 1. The summed E-state index contributed by atoms with van der Waals surface area (Å²) in [6.07, 6.45) is 1.63. The zero-order valence-electron chi connectivity index (χ0n) is 15.4. The Morgan fingerprint density at radius 2 is 1.96 bits per heavy atom. The Morgan fingerprint density at radius 1 is 1.33 bits per heavy atom. The van der Waals surface area contributed by atoms with E-state index in [-0.39, 0.29) is 36.1 Å². The first kappa shape index (κ1) is 21.8. The normalized spacial score (nSPS) is 17.0. The molecule has 1 fully saturated rings. The maximum absolute atomic E-state index is 13.1. The van der Waals surface area contributed by atoms with Crippen LogP contribution in [0, 0.1) is 18.7 Å². The van der Waals surface area contributed by atoms with Crippen LogP contribution in [0.15, 0.2) is 24.3 Å². The molecule has 3 N–H and O–H groups in total. The van der Waals surface area contributed by atoms with Crippen molar-refractivity contribution in [3.63, 3.8) is 0 Å². The summed E-state index contributed by atoms with van der Waals surface area (Å²) in [6.45, 7) is 5.18. The second kappa shape index (κ2) is 9.59. The molecule has 8 heteroatoms. The maximum atomic E-state index is 13.1. The van der Waals surface area contributed by atoms with Crippen molar-refractivity contribution in [3.8, 4) is 10.6 Å². The zero-order chi connectivity index (χ0) is 18.7. The van der Waals surface area contributed by atoms with Crippen LogP contribution in [-0.4, -0.2) is 30.1 Å². The fourth-order valence-electron chi connectivity index (χ4n) is 3.19. The van der Waals surface area contributed by atoms with E-state index in [0.717, 1.165) is 34.0 Å². The molecule has 148 valence electrons. The van der Waals surface area contributed by atoms with Gasteiger partial charge in [0.1, 0.15) is 10.8 Å². The summed E-state index contributed by atoms with van der Waals surface area (Å²) in [7, 11) is 0. The Labute approximate surface area is 168 Å². The van der Waals surface area contributed by atoms with Crippen molar-refractivity contribution in [3.05, 3.63) is 40.7 Å². The second-order valence-corrected chi connectivity index (χ2v) is 7.71. The van der Waals surface area contributed by atoms with Crippen LogP contribution >= 0.6 is 23.7 Å². The molecule has 0 aliphatic carbocycles. The van der Waals surface area contributed by atoms with Gasteiger partial charge in [0.2, 0.25) is 5.91 Å². The highest BCUT2D eigenvalue weighted by Crippen LogP contribution is 2.32. The van der Waals surface area contributed by atoms with Gasteiger partial charge in [-0.2, -0.15) is 0 Å². The summed E-state index contributed by atoms with van der Waals surface area (Å²) in [4.78, 5) is 18.1. The quantitative estimate of drug-likeness (QED) is 0.784. The van der Waals surface area contributed by atoms with Gasteiger partial charge in [-0.05, 0) is 56.9 Å². The number of carbonyl (C=O) groups is 1. The average molecular weight is 414 g/mol. The lowest BCUT2D eigenvalue weighted by atomic mass is 9.91. The molecule has 2 heterocycles. The van der Waals surface area contributed by atoms with Crippen molar-refractivity contribution in [2.45, 2.75) is 38.8 Å². The van der Waals surface area contributed by atoms with Gasteiger partial charge >= 0.3 is 0 Å². The van der Waals surface area contributed by atoms with E-state index in [2.05, 4.69) is 10.3 Å². The van der Waals surface area contributed by atoms with Gasteiger partial charge in [-0.1, -0.05) is 0 Å². The van der Waals surface area contributed by atoms with Crippen LogP contribution in [0.3, 0.4) is 0 Å². The average Bonchev–Trinajstić information content (AvgIpc) is 3.04. The topological polar surface area (TPSA) is 77.2 Å². The number of carbonyl (C=O) groups excluding carboxylic acids is 1. The van der Waals surface area contributed by atoms with Gasteiger partial charge in [-0.3, -0.25) is 4.79 Å². The highest BCUT2D eigenvalue weighted by Gasteiger charge is 2.28. The van der Waals surface area contributed by atoms with Crippen molar-refractivity contribution in [1.29, 1.82) is 0 Å². The number of aromatic nitrogens is 1. The molecule has 27 heavy (non-hydrogen) atoms. The lowest BCUT2D eigenvalue weighted by Crippen LogP contribution is -2.47. The lowest BCUT2D eigenvalue weighted by molar-refractivity contribution is -0.125. The fourth-order valence-corrected chi connectivity index (χ4v) is 4.26. The second-order valence-electron chi connectivity index (χ2n) is 6.68. The number of amides is 1. The van der Waals surface area contributed by atoms with E-state index in [1.54, 1.807) is 12.1 Å². The third kappa shape index (κ3) is 5.25. The minimum absolute atomic E-state index is 0. The molecule has 1 aliphatic rings. The SMILES string of the molecule is Cc1nc(-c2ccc(F)cc2)sc1C(C)NC(=O)C(N)C1CCOCC1.Cl. The highest BCUT2D eigenvalue weighted by molar-refractivity contribution is 7.15. The van der Waals surface area contributed by atoms with Crippen LogP contribution < -0.4 is 11.1 Å². The molecule has 1 saturated heterocycles. The summed E-state index contributed by atoms with van der Waals surface area (Å²) in [5, 5.41) is 3.83. The number of hydrogen-bond donors (Lipinski definition) is 2. The third-order valence-corrected chi connectivity index (χ3v) is 6.14. The van der Waals surface area contributed by atoms with Gasteiger partial charge in [0.25, 0.3) is 0 Å². The number of halogens is 2. The van der Waals surface area contributed by atoms with Crippen LogP contribution in [0.5, 0.6) is 0 Å². The lowest BCUT2D eigenvalue weighted by Gasteiger charge is -2.27. The van der Waals surface area contributed by atoms with Crippen LogP contribution in [0.2, 0.25) is 0 Å². The largest absolute Gasteiger partial charge is 0.381 e. The fraction of sp³-hybridized carbons (Fsp3) is 0.474. The smallest absolute Gasteiger partial charge is 0.237 e. The van der Waals surface area contributed by atoms with E-state index >= 15 is 0 Å². The van der Waals surface area contributed by atoms with Crippen LogP contribution in [0.4, 0.5) is 4.39 Å². The first-order chi connectivity index (χ1) is 12.5. The molecule has 3 rings (SSSR count). The highest BCUT2D eigenvalue weighted by atomic mass is 35.5. The molecular formula is C19H25ClFN3O2S. The van der Waals surface area contributed by atoms with Gasteiger partial charge in [-0.25, -0.2) is 9.37 Å². The Hall–Kier alpha value is -1.54. The molecule has 1 aromatic carbocycles. The van der Waals surface area contributed by atoms with E-state index in [4.69, 9.17) is 10.5 Å². The summed E-state index contributed by atoms with van der Waals surface area (Å²) in [5.74, 6) is -0.251. The summed E-state index contributed by atoms with van der Waals surface area (Å²) >= 11 is 1.51. The summed E-state index contributed by atoms with van der Waals surface area (Å²) < 4.78 is 18.4. The molecule has 0 saturated carbocycles. The van der Waals surface area contributed by atoms with Crippen LogP contribution in [0.25, 0.3) is 10.6 Å². The molecule has 2 aromatic rings. The Kier molecular flexibility index (Phi) is 7.73. The molecular weight excluding hydrogens is 389 g/mol. The molecule has 2 unspecified atom stereocenters. The van der Waals surface area contributed by atoms with Crippen molar-refractivity contribution >= 4 is 29.7 Å². The number of nitrogens with zero attached hydrogens (tertiary/aromatic N) is 1. The minimum atomic E-state index is -0.522. The molecule has 5 nitrogen and oxygen atoms in total. The number of hydrogen-bond acceptors (Lipinski definition) is 5. The van der Waals surface area contributed by atoms with Gasteiger partial charge in [0.05, 0.1) is 22.7 Å². The molecule has 1 amide bonds. The predicted octanol–water partition coefficient (Wildman–Crippen LogP) is 3.61. The summed E-state index contributed by atoms with van der Waals surface area (Å²) in [5.41, 5.74) is 7.88. The van der Waals surface area contributed by atoms with Crippen molar-refractivity contribution in [1.82, 2.24) is 10.3 Å². The molecule has 0 bridgehead atoms. The van der Waals surface area contributed by atoms with E-state index in [1.165, 1.54) is 23.5 Å². The van der Waals surface area contributed by atoms with E-state index in [9.17, 15) is 9.18 Å². The number of benzene rings is 1. The first-order valence-electron chi connectivity index (χ1n) is 8.82. The van der Waals surface area contributed by atoms with Crippen molar-refractivity contribution in [2.75, 3.05) is 13.2 Å². The van der Waals surface area contributed by atoms with Crippen LogP contribution in [0.1, 0.15) is 36.4 Å². The van der Waals surface area contributed by atoms with Gasteiger partial charge in [0, 0.05) is 18.8 Å². The van der Waals surface area contributed by atoms with E-state index in [0.29, 0.717) is 13.2 Å². The molecule has 1 aliphatic heterocycles. The number of aryl methyl sites for hydroxylation is 1.